The van der Waals surface area contributed by atoms with Crippen molar-refractivity contribution in [2.45, 2.75) is 51.9 Å². The maximum Gasteiger partial charge on any atom is -0.00462 e. The Morgan fingerprint density at radius 3 is 2.50 bits per heavy atom. The zero-order chi connectivity index (χ0) is 8.81. The first kappa shape index (κ1) is 10.0. The van der Waals surface area contributed by atoms with Crippen molar-refractivity contribution in [3.05, 3.63) is 0 Å². The highest BCUT2D eigenvalue weighted by Gasteiger charge is 2.22. The predicted octanol–water partition coefficient (Wildman–Crippen LogP) is 2.94. The Kier molecular flexibility index (Phi) is 4.67. The standard InChI is InChI=1S/C11H23N/c1-2-3-6-11(9-12)10-7-4-5-8-10/h10-11H,2-9,12H2,1H3. The van der Waals surface area contributed by atoms with Gasteiger partial charge in [-0.2, -0.15) is 0 Å². The minimum Gasteiger partial charge on any atom is -0.330 e. The van der Waals surface area contributed by atoms with Gasteiger partial charge in [-0.3, -0.25) is 0 Å². The molecule has 0 amide bonds. The van der Waals surface area contributed by atoms with Gasteiger partial charge in [0, 0.05) is 0 Å². The zero-order valence-corrected chi connectivity index (χ0v) is 8.39. The van der Waals surface area contributed by atoms with Gasteiger partial charge in [0.25, 0.3) is 0 Å². The Morgan fingerprint density at radius 2 is 2.00 bits per heavy atom. The first-order valence-electron chi connectivity index (χ1n) is 5.58. The summed E-state index contributed by atoms with van der Waals surface area (Å²) in [6, 6.07) is 0. The normalized spacial score (nSPS) is 21.5. The Morgan fingerprint density at radius 1 is 1.33 bits per heavy atom. The van der Waals surface area contributed by atoms with Gasteiger partial charge >= 0.3 is 0 Å². The van der Waals surface area contributed by atoms with Gasteiger partial charge in [0.1, 0.15) is 0 Å². The van der Waals surface area contributed by atoms with Gasteiger partial charge in [-0.1, -0.05) is 45.4 Å². The van der Waals surface area contributed by atoms with E-state index in [4.69, 9.17) is 5.73 Å². The van der Waals surface area contributed by atoms with Crippen LogP contribution in [-0.4, -0.2) is 6.54 Å². The molecule has 72 valence electrons. The minimum atomic E-state index is 0.840. The van der Waals surface area contributed by atoms with E-state index in [-0.39, 0.29) is 0 Å². The molecule has 0 saturated heterocycles. The molecular formula is C11H23N. The van der Waals surface area contributed by atoms with E-state index in [0.29, 0.717) is 0 Å². The van der Waals surface area contributed by atoms with Gasteiger partial charge < -0.3 is 5.73 Å². The third-order valence-corrected chi connectivity index (χ3v) is 3.30. The summed E-state index contributed by atoms with van der Waals surface area (Å²) < 4.78 is 0. The lowest BCUT2D eigenvalue weighted by Crippen LogP contribution is -2.21. The third kappa shape index (κ3) is 2.78. The molecule has 1 aliphatic rings. The maximum absolute atomic E-state index is 5.79. The summed E-state index contributed by atoms with van der Waals surface area (Å²) in [6.07, 6.45) is 9.87. The lowest BCUT2D eigenvalue weighted by Gasteiger charge is -2.21. The Balaban J connectivity index is 2.22. The number of unbranched alkanes of at least 4 members (excludes halogenated alkanes) is 1. The van der Waals surface area contributed by atoms with E-state index in [1.54, 1.807) is 0 Å². The lowest BCUT2D eigenvalue weighted by atomic mass is 9.87. The van der Waals surface area contributed by atoms with Crippen LogP contribution in [0.25, 0.3) is 0 Å². The van der Waals surface area contributed by atoms with Gasteiger partial charge in [-0.25, -0.2) is 0 Å². The quantitative estimate of drug-likeness (QED) is 0.673. The molecule has 1 nitrogen and oxygen atoms in total. The van der Waals surface area contributed by atoms with Crippen LogP contribution in [0.4, 0.5) is 0 Å². The molecule has 1 rings (SSSR count). The number of hydrogen-bond acceptors (Lipinski definition) is 1. The average Bonchev–Trinajstić information content (AvgIpc) is 2.59. The molecule has 0 heterocycles. The lowest BCUT2D eigenvalue weighted by molar-refractivity contribution is 0.319. The van der Waals surface area contributed by atoms with Gasteiger partial charge in [0.05, 0.1) is 0 Å². The molecular weight excluding hydrogens is 146 g/mol. The van der Waals surface area contributed by atoms with Crippen LogP contribution in [0, 0.1) is 11.8 Å². The van der Waals surface area contributed by atoms with E-state index < -0.39 is 0 Å². The van der Waals surface area contributed by atoms with Crippen LogP contribution in [0.2, 0.25) is 0 Å². The van der Waals surface area contributed by atoms with Crippen LogP contribution in [-0.2, 0) is 0 Å². The average molecular weight is 169 g/mol. The van der Waals surface area contributed by atoms with Crippen molar-refractivity contribution < 1.29 is 0 Å². The van der Waals surface area contributed by atoms with Crippen molar-refractivity contribution in [3.63, 3.8) is 0 Å². The second kappa shape index (κ2) is 5.58. The highest BCUT2D eigenvalue weighted by atomic mass is 14.6. The fourth-order valence-corrected chi connectivity index (χ4v) is 2.44. The van der Waals surface area contributed by atoms with Crippen molar-refractivity contribution in [1.82, 2.24) is 0 Å². The molecule has 1 saturated carbocycles. The Labute approximate surface area is 76.7 Å². The summed E-state index contributed by atoms with van der Waals surface area (Å²) in [6.45, 7) is 3.19. The summed E-state index contributed by atoms with van der Waals surface area (Å²) in [7, 11) is 0. The second-order valence-electron chi connectivity index (χ2n) is 4.18. The molecule has 0 aromatic rings. The van der Waals surface area contributed by atoms with Gasteiger partial charge in [-0.15, -0.1) is 0 Å². The minimum absolute atomic E-state index is 0.840. The largest absolute Gasteiger partial charge is 0.330 e. The first-order chi connectivity index (χ1) is 5.88. The highest BCUT2D eigenvalue weighted by molar-refractivity contribution is 4.75. The second-order valence-corrected chi connectivity index (χ2v) is 4.18. The molecule has 1 unspecified atom stereocenters. The number of hydrogen-bond donors (Lipinski definition) is 1. The molecule has 1 fully saturated rings. The molecule has 0 spiro atoms. The van der Waals surface area contributed by atoms with E-state index in [2.05, 4.69) is 6.92 Å². The zero-order valence-electron chi connectivity index (χ0n) is 8.39. The SMILES string of the molecule is CCCCC(CN)C1CCCC1. The van der Waals surface area contributed by atoms with E-state index in [1.165, 1.54) is 44.9 Å². The van der Waals surface area contributed by atoms with Gasteiger partial charge in [0.2, 0.25) is 0 Å². The third-order valence-electron chi connectivity index (χ3n) is 3.30. The predicted molar refractivity (Wildman–Crippen MR) is 54.0 cm³/mol. The monoisotopic (exact) mass is 169 g/mol. The van der Waals surface area contributed by atoms with Crippen LogP contribution in [0.15, 0.2) is 0 Å². The molecule has 0 aromatic heterocycles. The molecule has 0 aliphatic heterocycles. The van der Waals surface area contributed by atoms with Crippen LogP contribution in [0.1, 0.15) is 51.9 Å². The van der Waals surface area contributed by atoms with Crippen molar-refractivity contribution in [3.8, 4) is 0 Å². The summed E-state index contributed by atoms with van der Waals surface area (Å²) in [5, 5.41) is 0. The summed E-state index contributed by atoms with van der Waals surface area (Å²) in [4.78, 5) is 0. The van der Waals surface area contributed by atoms with Crippen molar-refractivity contribution in [2.75, 3.05) is 6.54 Å². The first-order valence-corrected chi connectivity index (χ1v) is 5.58. The molecule has 1 aliphatic carbocycles. The van der Waals surface area contributed by atoms with E-state index >= 15 is 0 Å². The van der Waals surface area contributed by atoms with Crippen LogP contribution in [0.3, 0.4) is 0 Å². The molecule has 0 aromatic carbocycles. The van der Waals surface area contributed by atoms with Gasteiger partial charge in [0.15, 0.2) is 0 Å². The number of nitrogens with two attached hydrogens (primary N) is 1. The van der Waals surface area contributed by atoms with E-state index in [1.807, 2.05) is 0 Å². The van der Waals surface area contributed by atoms with E-state index in [0.717, 1.165) is 18.4 Å². The van der Waals surface area contributed by atoms with Crippen LogP contribution >= 0.6 is 0 Å². The summed E-state index contributed by atoms with van der Waals surface area (Å²) in [5.41, 5.74) is 5.79. The molecule has 12 heavy (non-hydrogen) atoms. The van der Waals surface area contributed by atoms with Crippen LogP contribution < -0.4 is 5.73 Å². The molecule has 2 N–H and O–H groups in total. The van der Waals surface area contributed by atoms with Crippen molar-refractivity contribution >= 4 is 0 Å². The smallest absolute Gasteiger partial charge is 0.00462 e. The van der Waals surface area contributed by atoms with Gasteiger partial charge in [-0.05, 0) is 24.8 Å². The van der Waals surface area contributed by atoms with Crippen molar-refractivity contribution in [2.24, 2.45) is 17.6 Å². The Bertz CT molecular complexity index is 106. The topological polar surface area (TPSA) is 26.0 Å². The van der Waals surface area contributed by atoms with Crippen molar-refractivity contribution in [1.29, 1.82) is 0 Å². The summed E-state index contributed by atoms with van der Waals surface area (Å²) in [5.74, 6) is 1.81. The summed E-state index contributed by atoms with van der Waals surface area (Å²) >= 11 is 0. The highest BCUT2D eigenvalue weighted by Crippen LogP contribution is 2.33. The Hall–Kier alpha value is -0.0400. The number of rotatable bonds is 5. The van der Waals surface area contributed by atoms with Crippen LogP contribution in [0.5, 0.6) is 0 Å². The fourth-order valence-electron chi connectivity index (χ4n) is 2.44. The molecule has 1 atom stereocenters. The van der Waals surface area contributed by atoms with E-state index in [9.17, 15) is 0 Å². The molecule has 1 heteroatoms. The molecule has 0 radical (unpaired) electrons. The maximum atomic E-state index is 5.79. The molecule has 0 bridgehead atoms. The fraction of sp³-hybridized carbons (Fsp3) is 1.00.